The molecule has 3 aromatic carbocycles. The van der Waals surface area contributed by atoms with Crippen molar-refractivity contribution in [1.29, 1.82) is 5.41 Å². The highest BCUT2D eigenvalue weighted by molar-refractivity contribution is 7.98. The van der Waals surface area contributed by atoms with Crippen LogP contribution in [0.25, 0.3) is 0 Å². The first-order valence-corrected chi connectivity index (χ1v) is 46.9. The van der Waals surface area contributed by atoms with Crippen LogP contribution in [0.2, 0.25) is 0 Å². The second-order valence-corrected chi connectivity index (χ2v) is 35.4. The van der Waals surface area contributed by atoms with Crippen LogP contribution in [0.3, 0.4) is 0 Å². The third-order valence-corrected chi connectivity index (χ3v) is 24.2. The summed E-state index contributed by atoms with van der Waals surface area (Å²) >= 11 is 1.26. The number of esters is 1. The van der Waals surface area contributed by atoms with Crippen molar-refractivity contribution in [1.82, 2.24) is 79.3 Å². The van der Waals surface area contributed by atoms with Gasteiger partial charge in [-0.05, 0) is 176 Å². The topological polar surface area (TPSA) is 773 Å². The van der Waals surface area contributed by atoms with Crippen LogP contribution in [0, 0.1) is 23.2 Å². The summed E-state index contributed by atoms with van der Waals surface area (Å²) < 4.78 is 12.2. The van der Waals surface area contributed by atoms with Crippen molar-refractivity contribution in [3.05, 3.63) is 82.4 Å². The van der Waals surface area contributed by atoms with Crippen molar-refractivity contribution in [3.8, 4) is 23.0 Å². The number of likely N-dealkylation sites (tertiary alicyclic amines) is 1. The van der Waals surface area contributed by atoms with Crippen molar-refractivity contribution < 1.29 is 126 Å². The molecule has 1 saturated heterocycles. The molecule has 0 aliphatic carbocycles. The maximum atomic E-state index is 14.6. The quantitative estimate of drug-likeness (QED) is 0.0110. The van der Waals surface area contributed by atoms with Crippen molar-refractivity contribution in [2.24, 2.45) is 46.4 Å². The summed E-state index contributed by atoms with van der Waals surface area (Å²) in [4.78, 5) is 250. The highest BCUT2D eigenvalue weighted by Gasteiger charge is 2.54. The number of primary amides is 2. The number of hydrogen-bond donors (Lipinski definition) is 26. The molecule has 137 heavy (non-hydrogen) atoms. The van der Waals surface area contributed by atoms with E-state index in [1.165, 1.54) is 66.4 Å². The van der Waals surface area contributed by atoms with E-state index in [4.69, 9.17) is 43.6 Å². The number of thioether (sulfide) groups is 1. The van der Waals surface area contributed by atoms with Crippen molar-refractivity contribution >= 4 is 124 Å². The Balaban J connectivity index is 1.10. The molecule has 31 N–H and O–H groups in total. The predicted molar refractivity (Wildman–Crippen MR) is 495 cm³/mol. The molecule has 16 atom stereocenters. The molecule has 16 amide bonds. The molecular weight excluding hydrogens is 1810 g/mol. The zero-order valence-electron chi connectivity index (χ0n) is 78.0. The van der Waals surface area contributed by atoms with E-state index in [1.807, 2.05) is 0 Å². The van der Waals surface area contributed by atoms with E-state index in [0.717, 1.165) is 11.8 Å². The second kappa shape index (κ2) is 54.6. The molecule has 0 bridgehead atoms. The lowest BCUT2D eigenvalue weighted by Crippen LogP contribution is -2.62. The number of nitrogens with one attached hydrogen (secondary N) is 15. The van der Waals surface area contributed by atoms with Crippen LogP contribution in [0.1, 0.15) is 201 Å². The Morgan fingerprint density at radius 1 is 0.526 bits per heavy atom. The summed E-state index contributed by atoms with van der Waals surface area (Å²) in [5.74, 6) is -19.9. The minimum Gasteiger partial charge on any atom is -0.508 e. The van der Waals surface area contributed by atoms with E-state index in [1.54, 1.807) is 47.8 Å². The third-order valence-electron chi connectivity index (χ3n) is 23.5. The fourth-order valence-electron chi connectivity index (χ4n) is 15.6. The van der Waals surface area contributed by atoms with Gasteiger partial charge in [0.2, 0.25) is 88.6 Å². The molecule has 1 fully saturated rings. The van der Waals surface area contributed by atoms with Gasteiger partial charge in [0.1, 0.15) is 102 Å². The van der Waals surface area contributed by atoms with Gasteiger partial charge >= 0.3 is 11.9 Å². The second-order valence-electron chi connectivity index (χ2n) is 34.4. The van der Waals surface area contributed by atoms with Gasteiger partial charge in [0.25, 0.3) is 5.91 Å². The number of unbranched alkanes of at least 4 members (excludes halogenated alkanes) is 2. The molecule has 0 radical (unpaired) electrons. The molecule has 3 aromatic rings. The molecule has 47 nitrogen and oxygen atoms in total. The van der Waals surface area contributed by atoms with Gasteiger partial charge in [-0.3, -0.25) is 86.9 Å². The number of carboxylic acid groups (broad SMARTS) is 1. The monoisotopic (exact) mass is 1940 g/mol. The van der Waals surface area contributed by atoms with Gasteiger partial charge in [-0.1, -0.05) is 60.5 Å². The number of aliphatic carboxylic acids is 1. The Labute approximate surface area is 795 Å². The summed E-state index contributed by atoms with van der Waals surface area (Å²) in [6.45, 7) is 8.41. The number of carbonyl (C=O) groups is 18. The average molecular weight is 1950 g/mol. The number of aromatic hydroxyl groups is 2. The third kappa shape index (κ3) is 32.6. The minimum atomic E-state index is -1.87. The van der Waals surface area contributed by atoms with Crippen molar-refractivity contribution in [2.75, 3.05) is 57.9 Å². The van der Waals surface area contributed by atoms with Crippen LogP contribution in [0.15, 0.2) is 54.6 Å². The average Bonchev–Trinajstić information content (AvgIpc) is 1.56. The number of amides is 16. The molecule has 3 aliphatic rings. The normalized spacial score (nSPS) is 16.5. The Morgan fingerprint density at radius 3 is 1.51 bits per heavy atom. The standard InChI is InChI=1S/C89H133N21O26S/c1-9-45(5)70(107-79(126)58(18-12-14-33-91)101-77(124)57(17-11-13-32-90)100-74(121)48-21-24-52-51(38-48)87(134)136-89(52)53-25-22-49(114)39-65(53)135-66-40-50(115)23-26-54(66)89)84(131)105-62(42-111)75(122)97-41-68(117)98-56(19-15-34-96-88(94)95)76(123)104-61(37-44(3)4)81(128)106-63(43-112)86(133)110-35-16-20-64(110)82(129)108-71(46(6)10-2)83(130)103-60(31-36-137-8)80(127)109-72(47(7)113)85(132)102-59(28-30-69(118)119)78(125)99-55(73(93)120)27-29-67(92)116/h21-26,38-40,44-47,55-64,70-72,111-115H,9-20,27-37,41-43,90-91H2,1-8H3,(H2,92,116)(H2,93,120)(H,97,122)(H,98,117)(H,99,125)(H,100,121)(H,101,124)(H,102,132)(H,103,130)(H,104,123)(H,105,131)(H,106,128)(H,107,126)(H,108,129)(H,109,127)(H,118,119)(H4,94,95,96)/t45-,46-,47+,55-,56-,57-,58-,59-,60-,61-,62-,63-,64-,70-,71-,72-/m0/s1. The van der Waals surface area contributed by atoms with Gasteiger partial charge in [0.05, 0.1) is 31.4 Å². The first-order valence-electron chi connectivity index (χ1n) is 45.5. The maximum absolute atomic E-state index is 14.6. The van der Waals surface area contributed by atoms with Gasteiger partial charge in [0.15, 0.2) is 11.6 Å². The number of carboxylic acids is 1. The van der Waals surface area contributed by atoms with Gasteiger partial charge < -0.3 is 148 Å². The van der Waals surface area contributed by atoms with E-state index >= 15 is 0 Å². The fourth-order valence-corrected chi connectivity index (χ4v) is 16.1. The molecule has 1 spiro atoms. The Morgan fingerprint density at radius 2 is 0.993 bits per heavy atom. The summed E-state index contributed by atoms with van der Waals surface area (Å²) in [6.07, 6.45) is -0.316. The lowest BCUT2D eigenvalue weighted by Gasteiger charge is -2.36. The number of guanidine groups is 1. The van der Waals surface area contributed by atoms with Crippen molar-refractivity contribution in [2.45, 2.75) is 254 Å². The zero-order chi connectivity index (χ0) is 102. The number of aliphatic hydroxyl groups excluding tert-OH is 3. The highest BCUT2D eigenvalue weighted by atomic mass is 32.2. The summed E-state index contributed by atoms with van der Waals surface area (Å²) in [5, 5.41) is 105. The summed E-state index contributed by atoms with van der Waals surface area (Å²) in [6, 6.07) is -7.36. The first kappa shape index (κ1) is 113. The van der Waals surface area contributed by atoms with E-state index in [9.17, 15) is 117 Å². The Kier molecular flexibility index (Phi) is 44.9. The van der Waals surface area contributed by atoms with Crippen LogP contribution < -0.4 is 108 Å². The maximum Gasteiger partial charge on any atom is 0.340 e. The van der Waals surface area contributed by atoms with Gasteiger partial charge in [0, 0.05) is 60.3 Å². The Hall–Kier alpha value is -13.1. The minimum absolute atomic E-state index is 0.00967. The molecule has 756 valence electrons. The summed E-state index contributed by atoms with van der Waals surface area (Å²) in [5.41, 5.74) is 27.0. The van der Waals surface area contributed by atoms with E-state index in [2.05, 4.69) is 74.4 Å². The largest absolute Gasteiger partial charge is 0.508 e. The van der Waals surface area contributed by atoms with E-state index < -0.39 is 254 Å². The first-order chi connectivity index (χ1) is 64.9. The van der Waals surface area contributed by atoms with Crippen LogP contribution in [0.4, 0.5) is 0 Å². The number of hydrogen-bond acceptors (Lipinski definition) is 29. The lowest BCUT2D eigenvalue weighted by molar-refractivity contribution is -0.143. The number of benzene rings is 3. The number of rotatable bonds is 58. The lowest BCUT2D eigenvalue weighted by atomic mass is 9.77. The van der Waals surface area contributed by atoms with E-state index in [-0.39, 0.29) is 149 Å². The van der Waals surface area contributed by atoms with Crippen molar-refractivity contribution in [3.63, 3.8) is 0 Å². The SMILES string of the molecule is CC[C@H](C)[C@H](NC(=O)[C@H](CCCCN)NC(=O)[C@H](CCCCN)NC(=O)c1ccc2c(c1)C(=O)OC21c2ccc(O)cc2Oc2cc(O)ccc21)C(=O)N[C@@H](CO)C(=O)NCC(=O)N[C@@H](CCCNC(=N)N)C(=O)N[C@@H](CC(C)C)C(=O)N[C@@H](CO)C(=O)N1CCC[C@H]1C(=O)N[C@H](C(=O)N[C@@H](CCSC)C(=O)N[C@H](C(=O)N[C@@H](CCC(=O)O)C(=O)N[C@@H](CCC(N)=O)C(N)=O)[C@@H](C)O)[C@@H](C)CC. The fraction of sp³-hybridized carbons (Fsp3) is 0.584. The van der Waals surface area contributed by atoms with Crippen LogP contribution in [-0.2, 0) is 87.1 Å². The summed E-state index contributed by atoms with van der Waals surface area (Å²) in [7, 11) is 0. The number of fused-ring (bicyclic) bond motifs is 6. The number of nitrogens with two attached hydrogens (primary N) is 5. The molecule has 6 rings (SSSR count). The number of carbonyl (C=O) groups excluding carboxylic acids is 17. The Bertz CT molecular complexity index is 4760. The molecule has 0 saturated carbocycles. The number of phenolic OH excluding ortho intramolecular Hbond substituents is 2. The smallest absolute Gasteiger partial charge is 0.340 e. The number of phenols is 2. The van der Waals surface area contributed by atoms with Crippen LogP contribution >= 0.6 is 11.8 Å². The molecule has 0 aromatic heterocycles. The van der Waals surface area contributed by atoms with Crippen LogP contribution in [-0.4, -0.2) is 291 Å². The van der Waals surface area contributed by atoms with Gasteiger partial charge in [-0.15, -0.1) is 0 Å². The van der Waals surface area contributed by atoms with Gasteiger partial charge in [-0.2, -0.15) is 11.8 Å². The molecular formula is C89H133N21O26S. The number of nitrogens with zero attached hydrogens (tertiary/aromatic N) is 1. The van der Waals surface area contributed by atoms with Crippen LogP contribution in [0.5, 0.6) is 23.0 Å². The molecule has 48 heteroatoms. The number of aliphatic hydroxyl groups is 3. The van der Waals surface area contributed by atoms with E-state index in [0.29, 0.717) is 36.0 Å². The number of ether oxygens (including phenoxy) is 2. The van der Waals surface area contributed by atoms with Gasteiger partial charge in [-0.25, -0.2) is 4.79 Å². The zero-order valence-corrected chi connectivity index (χ0v) is 78.8. The predicted octanol–water partition coefficient (Wildman–Crippen LogP) is -4.40. The molecule has 3 aliphatic heterocycles. The molecule has 0 unspecified atom stereocenters. The highest BCUT2D eigenvalue weighted by Crippen LogP contribution is 2.57. The molecule has 3 heterocycles.